The van der Waals surface area contributed by atoms with Crippen LogP contribution in [0.3, 0.4) is 0 Å². The second-order valence-electron chi connectivity index (χ2n) is 6.91. The third kappa shape index (κ3) is 5.32. The highest BCUT2D eigenvalue weighted by Crippen LogP contribution is 2.23. The van der Waals surface area contributed by atoms with E-state index in [9.17, 15) is 13.2 Å². The lowest BCUT2D eigenvalue weighted by molar-refractivity contribution is 0.102. The van der Waals surface area contributed by atoms with Gasteiger partial charge >= 0.3 is 0 Å². The molecule has 3 aromatic carbocycles. The Morgan fingerprint density at radius 1 is 1.06 bits per heavy atom. The maximum atomic E-state index is 12.8. The lowest BCUT2D eigenvalue weighted by atomic mass is 10.2. The Morgan fingerprint density at radius 2 is 1.74 bits per heavy atom. The van der Waals surface area contributed by atoms with Crippen LogP contribution in [0.25, 0.3) is 0 Å². The van der Waals surface area contributed by atoms with Crippen molar-refractivity contribution in [3.63, 3.8) is 0 Å². The van der Waals surface area contributed by atoms with Gasteiger partial charge in [-0.25, -0.2) is 8.42 Å². The second-order valence-corrected chi connectivity index (χ2v) is 8.88. The molecule has 0 aliphatic carbocycles. The lowest BCUT2D eigenvalue weighted by Gasteiger charge is -2.20. The molecule has 3 aromatic rings. The number of hydrogen-bond acceptors (Lipinski definition) is 4. The molecule has 0 heterocycles. The van der Waals surface area contributed by atoms with Crippen molar-refractivity contribution in [2.24, 2.45) is 0 Å². The summed E-state index contributed by atoms with van der Waals surface area (Å²) in [5.41, 5.74) is 2.43. The fourth-order valence-corrected chi connectivity index (χ4v) is 4.05. The third-order valence-corrected chi connectivity index (χ3v) is 6.43. The van der Waals surface area contributed by atoms with Crippen LogP contribution >= 0.6 is 0 Å². The van der Waals surface area contributed by atoms with Gasteiger partial charge in [0, 0.05) is 24.4 Å². The molecular weight excluding hydrogens is 412 g/mol. The zero-order valence-electron chi connectivity index (χ0n) is 17.4. The molecule has 1 N–H and O–H groups in total. The standard InChI is InChI=1S/C24H24N2O4S/c1-4-16-30-22-7-5-6-20(17-22)25-24(27)19-10-12-21(13-11-19)26(3)31(28,29)23-14-8-18(2)9-15-23/h4-15,17H,1,16H2,2-3H3,(H,25,27). The van der Waals surface area contributed by atoms with E-state index >= 15 is 0 Å². The van der Waals surface area contributed by atoms with Crippen LogP contribution in [0.2, 0.25) is 0 Å². The number of benzene rings is 3. The minimum absolute atomic E-state index is 0.209. The number of carbonyl (C=O) groups excluding carboxylic acids is 1. The first-order chi connectivity index (χ1) is 14.8. The maximum absolute atomic E-state index is 12.8. The summed E-state index contributed by atoms with van der Waals surface area (Å²) in [5, 5.41) is 2.81. The maximum Gasteiger partial charge on any atom is 0.264 e. The van der Waals surface area contributed by atoms with Crippen molar-refractivity contribution < 1.29 is 17.9 Å². The van der Waals surface area contributed by atoms with Gasteiger partial charge in [-0.2, -0.15) is 0 Å². The molecule has 0 aliphatic heterocycles. The Bertz CT molecular complexity index is 1170. The summed E-state index contributed by atoms with van der Waals surface area (Å²) in [5.74, 6) is 0.312. The monoisotopic (exact) mass is 436 g/mol. The number of carbonyl (C=O) groups is 1. The average molecular weight is 437 g/mol. The number of aryl methyl sites for hydroxylation is 1. The minimum atomic E-state index is -3.69. The van der Waals surface area contributed by atoms with Crippen molar-refractivity contribution in [3.8, 4) is 5.75 Å². The van der Waals surface area contributed by atoms with Crippen LogP contribution in [-0.2, 0) is 10.0 Å². The van der Waals surface area contributed by atoms with Gasteiger partial charge in [-0.1, -0.05) is 36.4 Å². The molecule has 7 heteroatoms. The van der Waals surface area contributed by atoms with Gasteiger partial charge in [0.2, 0.25) is 0 Å². The topological polar surface area (TPSA) is 75.7 Å². The van der Waals surface area contributed by atoms with Gasteiger partial charge in [-0.15, -0.1) is 0 Å². The first-order valence-electron chi connectivity index (χ1n) is 9.62. The first kappa shape index (κ1) is 22.1. The fraction of sp³-hybridized carbons (Fsp3) is 0.125. The molecule has 0 radical (unpaired) electrons. The summed E-state index contributed by atoms with van der Waals surface area (Å²) >= 11 is 0. The normalized spacial score (nSPS) is 10.9. The smallest absolute Gasteiger partial charge is 0.264 e. The molecule has 0 aliphatic rings. The number of hydrogen-bond donors (Lipinski definition) is 1. The van der Waals surface area contributed by atoms with Gasteiger partial charge in [0.25, 0.3) is 15.9 Å². The summed E-state index contributed by atoms with van der Waals surface area (Å²) in [4.78, 5) is 12.8. The van der Waals surface area contributed by atoms with E-state index in [0.29, 0.717) is 29.3 Å². The molecule has 1 amide bonds. The molecule has 0 saturated carbocycles. The first-order valence-corrected chi connectivity index (χ1v) is 11.1. The Kier molecular flexibility index (Phi) is 6.77. The molecular formula is C24H24N2O4S. The van der Waals surface area contributed by atoms with Crippen molar-refractivity contribution in [2.75, 3.05) is 23.3 Å². The van der Waals surface area contributed by atoms with Crippen LogP contribution < -0.4 is 14.4 Å². The van der Waals surface area contributed by atoms with Crippen molar-refractivity contribution in [2.45, 2.75) is 11.8 Å². The largest absolute Gasteiger partial charge is 0.489 e. The van der Waals surface area contributed by atoms with E-state index in [1.807, 2.05) is 6.92 Å². The SMILES string of the molecule is C=CCOc1cccc(NC(=O)c2ccc(N(C)S(=O)(=O)c3ccc(C)cc3)cc2)c1. The number of amides is 1. The lowest BCUT2D eigenvalue weighted by Crippen LogP contribution is -2.26. The van der Waals surface area contributed by atoms with E-state index in [2.05, 4.69) is 11.9 Å². The number of nitrogens with one attached hydrogen (secondary N) is 1. The van der Waals surface area contributed by atoms with Crippen molar-refractivity contribution in [1.82, 2.24) is 0 Å². The van der Waals surface area contributed by atoms with E-state index in [1.54, 1.807) is 78.9 Å². The van der Waals surface area contributed by atoms with Crippen LogP contribution in [0.15, 0.2) is 90.3 Å². The summed E-state index contributed by atoms with van der Waals surface area (Å²) in [6.45, 7) is 5.88. The Morgan fingerprint density at radius 3 is 2.39 bits per heavy atom. The zero-order valence-corrected chi connectivity index (χ0v) is 18.2. The Hall–Kier alpha value is -3.58. The Labute approximate surface area is 182 Å². The molecule has 0 atom stereocenters. The van der Waals surface area contributed by atoms with Gasteiger partial charge in [0.15, 0.2) is 0 Å². The molecule has 6 nitrogen and oxygen atoms in total. The molecule has 0 spiro atoms. The van der Waals surface area contributed by atoms with E-state index in [4.69, 9.17) is 4.74 Å². The van der Waals surface area contributed by atoms with Crippen molar-refractivity contribution in [1.29, 1.82) is 0 Å². The van der Waals surface area contributed by atoms with Crippen molar-refractivity contribution in [3.05, 3.63) is 96.6 Å². The highest BCUT2D eigenvalue weighted by molar-refractivity contribution is 7.92. The highest BCUT2D eigenvalue weighted by Gasteiger charge is 2.21. The minimum Gasteiger partial charge on any atom is -0.489 e. The van der Waals surface area contributed by atoms with E-state index in [1.165, 1.54) is 11.4 Å². The number of rotatable bonds is 8. The summed E-state index contributed by atoms with van der Waals surface area (Å²) in [6, 6.07) is 20.1. The molecule has 0 saturated heterocycles. The Balaban J connectivity index is 1.72. The molecule has 3 rings (SSSR count). The molecule has 0 bridgehead atoms. The fourth-order valence-electron chi connectivity index (χ4n) is 2.85. The van der Waals surface area contributed by atoms with Crippen LogP contribution in [0, 0.1) is 6.92 Å². The van der Waals surface area contributed by atoms with E-state index in [-0.39, 0.29) is 10.8 Å². The van der Waals surface area contributed by atoms with Crippen LogP contribution in [0.4, 0.5) is 11.4 Å². The summed E-state index contributed by atoms with van der Waals surface area (Å²) in [6.07, 6.45) is 1.64. The van der Waals surface area contributed by atoms with Crippen LogP contribution in [-0.4, -0.2) is 28.0 Å². The molecule has 31 heavy (non-hydrogen) atoms. The molecule has 0 unspecified atom stereocenters. The van der Waals surface area contributed by atoms with Gasteiger partial charge in [0.1, 0.15) is 12.4 Å². The molecule has 0 fully saturated rings. The predicted molar refractivity (Wildman–Crippen MR) is 123 cm³/mol. The number of ether oxygens (including phenoxy) is 1. The quantitative estimate of drug-likeness (QED) is 0.522. The van der Waals surface area contributed by atoms with Crippen LogP contribution in [0.1, 0.15) is 15.9 Å². The van der Waals surface area contributed by atoms with Crippen LogP contribution in [0.5, 0.6) is 5.75 Å². The molecule has 160 valence electrons. The van der Waals surface area contributed by atoms with E-state index in [0.717, 1.165) is 5.56 Å². The average Bonchev–Trinajstić information content (AvgIpc) is 2.78. The molecule has 0 aromatic heterocycles. The van der Waals surface area contributed by atoms with Crippen molar-refractivity contribution >= 4 is 27.3 Å². The predicted octanol–water partition coefficient (Wildman–Crippen LogP) is 4.64. The third-order valence-electron chi connectivity index (χ3n) is 4.63. The van der Waals surface area contributed by atoms with Gasteiger partial charge in [-0.3, -0.25) is 9.10 Å². The van der Waals surface area contributed by atoms with Gasteiger partial charge in [-0.05, 0) is 55.5 Å². The van der Waals surface area contributed by atoms with Gasteiger partial charge < -0.3 is 10.1 Å². The summed E-state index contributed by atoms with van der Waals surface area (Å²) in [7, 11) is -2.21. The highest BCUT2D eigenvalue weighted by atomic mass is 32.2. The van der Waals surface area contributed by atoms with E-state index < -0.39 is 10.0 Å². The zero-order chi connectivity index (χ0) is 22.4. The number of sulfonamides is 1. The number of anilines is 2. The second kappa shape index (κ2) is 9.49. The summed E-state index contributed by atoms with van der Waals surface area (Å²) < 4.78 is 32.3. The van der Waals surface area contributed by atoms with Gasteiger partial charge in [0.05, 0.1) is 10.6 Å². The number of nitrogens with zero attached hydrogens (tertiary/aromatic N) is 1.